The Balaban J connectivity index is 1.88. The van der Waals surface area contributed by atoms with E-state index in [-0.39, 0.29) is 43.3 Å². The lowest BCUT2D eigenvalue weighted by Crippen LogP contribution is -2.59. The lowest BCUT2D eigenvalue weighted by Gasteiger charge is -2.34. The molecule has 4 N–H and O–H groups in total. The molecule has 0 bridgehead atoms. The number of imide groups is 1. The van der Waals surface area contributed by atoms with Gasteiger partial charge in [0, 0.05) is 39.1 Å². The van der Waals surface area contributed by atoms with Crippen molar-refractivity contribution in [1.29, 1.82) is 0 Å². The number of hydrogen-bond acceptors (Lipinski definition) is 7. The number of nitrogens with one attached hydrogen (secondary N) is 3. The molecule has 0 radical (unpaired) electrons. The van der Waals surface area contributed by atoms with Gasteiger partial charge in [-0.3, -0.25) is 19.3 Å². The summed E-state index contributed by atoms with van der Waals surface area (Å²) < 4.78 is 5.21. The van der Waals surface area contributed by atoms with Crippen molar-refractivity contribution in [3.05, 3.63) is 48.0 Å². The summed E-state index contributed by atoms with van der Waals surface area (Å²) in [5.74, 6) is -1.50. The van der Waals surface area contributed by atoms with Gasteiger partial charge in [-0.1, -0.05) is 56.3 Å². The van der Waals surface area contributed by atoms with Crippen LogP contribution < -0.4 is 16.0 Å². The summed E-state index contributed by atoms with van der Waals surface area (Å²) in [4.78, 5) is 42.7. The van der Waals surface area contributed by atoms with Gasteiger partial charge in [0.25, 0.3) is 0 Å². The Morgan fingerprint density at radius 2 is 1.80 bits per heavy atom. The number of amides is 3. The highest BCUT2D eigenvalue weighted by molar-refractivity contribution is 6.03. The van der Waals surface area contributed by atoms with Crippen LogP contribution in [-0.4, -0.2) is 85.3 Å². The van der Waals surface area contributed by atoms with E-state index >= 15 is 0 Å². The molecule has 0 aliphatic carbocycles. The normalized spacial score (nSPS) is 17.5. The van der Waals surface area contributed by atoms with Crippen molar-refractivity contribution in [3.63, 3.8) is 0 Å². The minimum Gasteiger partial charge on any atom is -0.390 e. The molecule has 0 saturated carbocycles. The fourth-order valence-electron chi connectivity index (χ4n) is 5.15. The second-order valence-corrected chi connectivity index (χ2v) is 10.7. The fraction of sp³-hybridized carbons (Fsp3) is 0.581. The fourth-order valence-corrected chi connectivity index (χ4v) is 5.15. The molecular formula is C31H46N4O5. The first-order valence-electron chi connectivity index (χ1n) is 14.6. The number of methoxy groups -OCH3 is 1. The van der Waals surface area contributed by atoms with Crippen LogP contribution in [0, 0.1) is 5.92 Å². The second kappa shape index (κ2) is 15.8. The molecule has 3 unspecified atom stereocenters. The third-order valence-corrected chi connectivity index (χ3v) is 7.75. The van der Waals surface area contributed by atoms with Gasteiger partial charge in [-0.2, -0.15) is 0 Å². The van der Waals surface area contributed by atoms with Crippen LogP contribution >= 0.6 is 0 Å². The number of hydrogen-bond donors (Lipinski definition) is 4. The van der Waals surface area contributed by atoms with Crippen molar-refractivity contribution < 1.29 is 24.2 Å². The number of aliphatic hydroxyl groups is 1. The van der Waals surface area contributed by atoms with E-state index in [0.29, 0.717) is 32.4 Å². The highest BCUT2D eigenvalue weighted by atomic mass is 16.5. The van der Waals surface area contributed by atoms with Crippen molar-refractivity contribution in [2.24, 2.45) is 5.92 Å². The highest BCUT2D eigenvalue weighted by Gasteiger charge is 2.40. The van der Waals surface area contributed by atoms with Crippen molar-refractivity contribution in [1.82, 2.24) is 20.9 Å². The first kappa shape index (κ1) is 31.7. The van der Waals surface area contributed by atoms with E-state index in [1.54, 1.807) is 7.11 Å². The molecule has 0 spiro atoms. The van der Waals surface area contributed by atoms with Gasteiger partial charge < -0.3 is 25.8 Å². The highest BCUT2D eigenvalue weighted by Crippen LogP contribution is 2.23. The zero-order chi connectivity index (χ0) is 29.1. The van der Waals surface area contributed by atoms with Gasteiger partial charge in [0.15, 0.2) is 0 Å². The lowest BCUT2D eigenvalue weighted by molar-refractivity contribution is -0.155. The zero-order valence-corrected chi connectivity index (χ0v) is 24.3. The molecule has 220 valence electrons. The first-order valence-corrected chi connectivity index (χ1v) is 14.6. The topological polar surface area (TPSA) is 120 Å². The molecule has 1 fully saturated rings. The molecule has 0 aromatic heterocycles. The van der Waals surface area contributed by atoms with E-state index < -0.39 is 24.1 Å². The summed E-state index contributed by atoms with van der Waals surface area (Å²) in [5.41, 5.74) is 0.851. The third kappa shape index (κ3) is 8.57. The number of ether oxygens (including phenoxy) is 1. The molecule has 1 heterocycles. The molecule has 3 amide bonds. The summed E-state index contributed by atoms with van der Waals surface area (Å²) in [6.45, 7) is 7.29. The quantitative estimate of drug-likeness (QED) is 0.267. The molecule has 3 rings (SSSR count). The van der Waals surface area contributed by atoms with Crippen LogP contribution in [0.3, 0.4) is 0 Å². The van der Waals surface area contributed by atoms with Crippen molar-refractivity contribution in [3.8, 4) is 0 Å². The molecule has 9 nitrogen and oxygen atoms in total. The van der Waals surface area contributed by atoms with Gasteiger partial charge >= 0.3 is 0 Å². The van der Waals surface area contributed by atoms with Gasteiger partial charge in [0.1, 0.15) is 6.04 Å². The number of rotatable bonds is 15. The van der Waals surface area contributed by atoms with Crippen molar-refractivity contribution in [2.75, 3.05) is 33.3 Å². The van der Waals surface area contributed by atoms with E-state index in [4.69, 9.17) is 4.74 Å². The first-order chi connectivity index (χ1) is 19.3. The Bertz CT molecular complexity index is 1100. The second-order valence-electron chi connectivity index (χ2n) is 10.7. The number of carbonyl (C=O) groups is 3. The van der Waals surface area contributed by atoms with E-state index in [2.05, 4.69) is 16.0 Å². The Kier molecular flexibility index (Phi) is 12.5. The van der Waals surface area contributed by atoms with E-state index in [9.17, 15) is 19.5 Å². The average molecular weight is 555 g/mol. The van der Waals surface area contributed by atoms with E-state index in [0.717, 1.165) is 22.8 Å². The van der Waals surface area contributed by atoms with Crippen molar-refractivity contribution in [2.45, 2.75) is 77.2 Å². The molecule has 1 aliphatic heterocycles. The van der Waals surface area contributed by atoms with Crippen LogP contribution in [0.1, 0.15) is 52.0 Å². The predicted molar refractivity (Wildman–Crippen MR) is 157 cm³/mol. The molecular weight excluding hydrogens is 508 g/mol. The van der Waals surface area contributed by atoms with Crippen LogP contribution in [0.15, 0.2) is 42.5 Å². The molecule has 4 atom stereocenters. The van der Waals surface area contributed by atoms with Crippen LogP contribution in [-0.2, 0) is 25.5 Å². The standard InChI is InChI=1S/C31H46N4O5/c1-5-23(6-2)30(38)35(31(39)27-12-9-15-33-27)28(17-22-13-14-24-10-7-8-11-25(24)16-22)29(37)34-20-26(36)19-32-18-21(3)40-4/h7-8,10-11,13-14,16,21,23,26-28,32-33,36H,5-6,9,12,15,17-20H2,1-4H3,(H,34,37)/t21?,26?,27?,28-/m0/s1. The van der Waals surface area contributed by atoms with Crippen LogP contribution in [0.4, 0.5) is 0 Å². The Labute approximate surface area is 238 Å². The number of carbonyl (C=O) groups excluding carboxylic acids is 3. The van der Waals surface area contributed by atoms with Crippen LogP contribution in [0.2, 0.25) is 0 Å². The van der Waals surface area contributed by atoms with Crippen molar-refractivity contribution >= 4 is 28.5 Å². The van der Waals surface area contributed by atoms with E-state index in [1.165, 1.54) is 4.90 Å². The predicted octanol–water partition coefficient (Wildman–Crippen LogP) is 2.40. The summed E-state index contributed by atoms with van der Waals surface area (Å²) in [7, 11) is 1.62. The molecule has 9 heteroatoms. The van der Waals surface area contributed by atoms with Crippen LogP contribution in [0.5, 0.6) is 0 Å². The largest absolute Gasteiger partial charge is 0.390 e. The Morgan fingerprint density at radius 1 is 1.07 bits per heavy atom. The minimum atomic E-state index is -1.04. The molecule has 1 saturated heterocycles. The number of fused-ring (bicyclic) bond motifs is 1. The molecule has 1 aliphatic rings. The molecule has 2 aromatic rings. The van der Waals surface area contributed by atoms with Gasteiger partial charge in [0.05, 0.1) is 18.2 Å². The molecule has 2 aromatic carbocycles. The summed E-state index contributed by atoms with van der Waals surface area (Å²) >= 11 is 0. The Hall–Kier alpha value is -2.85. The maximum Gasteiger partial charge on any atom is 0.247 e. The summed E-state index contributed by atoms with van der Waals surface area (Å²) in [5, 5.41) is 21.7. The minimum absolute atomic E-state index is 0.00650. The number of aliphatic hydroxyl groups excluding tert-OH is 1. The lowest BCUT2D eigenvalue weighted by atomic mass is 9.96. The monoisotopic (exact) mass is 554 g/mol. The van der Waals surface area contributed by atoms with Gasteiger partial charge in [-0.05, 0) is 55.5 Å². The zero-order valence-electron chi connectivity index (χ0n) is 24.3. The van der Waals surface area contributed by atoms with Gasteiger partial charge in [-0.15, -0.1) is 0 Å². The summed E-state index contributed by atoms with van der Waals surface area (Å²) in [6.07, 6.45) is 1.95. The summed E-state index contributed by atoms with van der Waals surface area (Å²) in [6, 6.07) is 12.3. The average Bonchev–Trinajstić information content (AvgIpc) is 3.51. The van der Waals surface area contributed by atoms with Gasteiger partial charge in [0.2, 0.25) is 17.7 Å². The Morgan fingerprint density at radius 3 is 2.45 bits per heavy atom. The SMILES string of the molecule is CCC(CC)C(=O)N(C(=O)C1CCCN1)[C@@H](Cc1ccc2ccccc2c1)C(=O)NCC(O)CNCC(C)OC. The third-order valence-electron chi connectivity index (χ3n) is 7.75. The smallest absolute Gasteiger partial charge is 0.247 e. The van der Waals surface area contributed by atoms with Gasteiger partial charge in [-0.25, -0.2) is 0 Å². The number of nitrogens with zero attached hydrogens (tertiary/aromatic N) is 1. The maximum atomic E-state index is 13.9. The number of benzene rings is 2. The van der Waals surface area contributed by atoms with E-state index in [1.807, 2.05) is 63.2 Å². The molecule has 40 heavy (non-hydrogen) atoms. The maximum absolute atomic E-state index is 13.9. The van der Waals surface area contributed by atoms with Crippen LogP contribution in [0.25, 0.3) is 10.8 Å².